The zero-order valence-electron chi connectivity index (χ0n) is 15.4. The molecule has 0 spiro atoms. The van der Waals surface area contributed by atoms with Crippen LogP contribution in [-0.4, -0.2) is 34.2 Å². The summed E-state index contributed by atoms with van der Waals surface area (Å²) in [6.07, 6.45) is 3.22. The molecular weight excluding hydrogens is 353 g/mol. The first-order chi connectivity index (χ1) is 12.1. The molecule has 1 aromatic carbocycles. The van der Waals surface area contributed by atoms with Crippen molar-refractivity contribution >= 4 is 25.3 Å². The number of carboxylic acid groups (broad SMARTS) is 1. The number of nitrogens with two attached hydrogens (primary N) is 1. The third-order valence-electron chi connectivity index (χ3n) is 4.07. The van der Waals surface area contributed by atoms with Gasteiger partial charge in [-0.2, -0.15) is 0 Å². The Hall–Kier alpha value is -1.91. The van der Waals surface area contributed by atoms with E-state index >= 15 is 0 Å². The second-order valence-corrected chi connectivity index (χ2v) is 9.04. The zero-order valence-corrected chi connectivity index (χ0v) is 16.2. The van der Waals surface area contributed by atoms with Gasteiger partial charge in [0, 0.05) is 18.7 Å². The fourth-order valence-electron chi connectivity index (χ4n) is 2.89. The van der Waals surface area contributed by atoms with E-state index in [4.69, 9.17) is 5.73 Å². The minimum absolute atomic E-state index is 0.0304. The number of carbonyl (C=O) groups excluding carboxylic acids is 1. The summed E-state index contributed by atoms with van der Waals surface area (Å²) >= 11 is 0. The third-order valence-corrected chi connectivity index (χ3v) is 6.07. The topological polar surface area (TPSA) is 118 Å². The van der Waals surface area contributed by atoms with E-state index in [9.17, 15) is 24.2 Å². The molecule has 1 aromatic rings. The summed E-state index contributed by atoms with van der Waals surface area (Å²) < 4.78 is 12.5. The van der Waals surface area contributed by atoms with Crippen LogP contribution in [-0.2, 0) is 20.6 Å². The summed E-state index contributed by atoms with van der Waals surface area (Å²) in [4.78, 5) is 32.4. The van der Waals surface area contributed by atoms with E-state index < -0.39 is 25.2 Å². The van der Waals surface area contributed by atoms with Gasteiger partial charge in [0.25, 0.3) is 0 Å². The second kappa shape index (κ2) is 10.3. The number of aliphatic carboxylic acids is 1. The molecule has 6 nitrogen and oxygen atoms in total. The Morgan fingerprint density at radius 3 is 2.54 bits per heavy atom. The molecule has 7 heteroatoms. The van der Waals surface area contributed by atoms with Crippen LogP contribution in [0.4, 0.5) is 0 Å². The van der Waals surface area contributed by atoms with Crippen molar-refractivity contribution in [3.8, 4) is 0 Å². The maximum Gasteiger partial charge on any atom is 0.307 e. The van der Waals surface area contributed by atoms with Gasteiger partial charge in [-0.3, -0.25) is 14.2 Å². The highest BCUT2D eigenvalue weighted by Crippen LogP contribution is 2.45. The van der Waals surface area contributed by atoms with Gasteiger partial charge in [0.05, 0.1) is 5.92 Å². The van der Waals surface area contributed by atoms with Crippen molar-refractivity contribution in [2.45, 2.75) is 39.5 Å². The fraction of sp³-hybridized carbons (Fsp3) is 0.474. The monoisotopic (exact) mass is 381 g/mol. The van der Waals surface area contributed by atoms with Crippen LogP contribution in [0.5, 0.6) is 0 Å². The molecule has 0 bridgehead atoms. The number of primary amides is 1. The molecule has 0 aliphatic rings. The average Bonchev–Trinajstić information content (AvgIpc) is 2.52. The molecule has 0 heterocycles. The highest BCUT2D eigenvalue weighted by atomic mass is 31.2. The fourth-order valence-corrected chi connectivity index (χ4v) is 4.92. The van der Waals surface area contributed by atoms with Crippen LogP contribution >= 0.6 is 7.37 Å². The van der Waals surface area contributed by atoms with E-state index in [-0.39, 0.29) is 25.2 Å². The number of carboxylic acids is 1. The summed E-state index contributed by atoms with van der Waals surface area (Å²) in [5, 5.41) is 9.22. The van der Waals surface area contributed by atoms with Gasteiger partial charge in [-0.05, 0) is 30.9 Å². The largest absolute Gasteiger partial charge is 0.481 e. The Morgan fingerprint density at radius 1 is 1.31 bits per heavy atom. The number of hydrogen-bond donors (Lipinski definition) is 3. The van der Waals surface area contributed by atoms with Crippen LogP contribution in [0, 0.1) is 5.92 Å². The first kappa shape index (κ1) is 22.1. The zero-order chi connectivity index (χ0) is 19.7. The first-order valence-electron chi connectivity index (χ1n) is 8.71. The van der Waals surface area contributed by atoms with Crippen molar-refractivity contribution in [2.75, 3.05) is 12.3 Å². The van der Waals surface area contributed by atoms with E-state index in [0.29, 0.717) is 0 Å². The van der Waals surface area contributed by atoms with E-state index in [1.54, 1.807) is 6.92 Å². The molecule has 0 saturated carbocycles. The molecule has 26 heavy (non-hydrogen) atoms. The van der Waals surface area contributed by atoms with Crippen LogP contribution in [0.3, 0.4) is 0 Å². The Bertz CT molecular complexity index is 714. The van der Waals surface area contributed by atoms with Gasteiger partial charge in [-0.1, -0.05) is 49.3 Å². The first-order valence-corrected chi connectivity index (χ1v) is 10.7. The Kier molecular flexibility index (Phi) is 8.76. The third kappa shape index (κ3) is 7.98. The van der Waals surface area contributed by atoms with Gasteiger partial charge in [0.2, 0.25) is 13.3 Å². The van der Waals surface area contributed by atoms with Crippen molar-refractivity contribution in [3.05, 3.63) is 41.0 Å². The van der Waals surface area contributed by atoms with Crippen LogP contribution in [0.15, 0.2) is 29.8 Å². The Morgan fingerprint density at radius 2 is 1.96 bits per heavy atom. The number of rotatable bonds is 11. The van der Waals surface area contributed by atoms with Gasteiger partial charge in [-0.15, -0.1) is 0 Å². The Labute approximate surface area is 154 Å². The highest BCUT2D eigenvalue weighted by Gasteiger charge is 2.29. The lowest BCUT2D eigenvalue weighted by molar-refractivity contribution is -0.141. The van der Waals surface area contributed by atoms with Gasteiger partial charge < -0.3 is 15.7 Å². The second-order valence-electron chi connectivity index (χ2n) is 6.67. The molecule has 0 fully saturated rings. The van der Waals surface area contributed by atoms with Crippen molar-refractivity contribution in [3.63, 3.8) is 0 Å². The quantitative estimate of drug-likeness (QED) is 0.509. The van der Waals surface area contributed by atoms with Crippen LogP contribution < -0.4 is 5.73 Å². The molecule has 0 saturated heterocycles. The van der Waals surface area contributed by atoms with Crippen molar-refractivity contribution in [2.24, 2.45) is 11.7 Å². The maximum atomic E-state index is 12.5. The standard InChI is InChI=1S/C19H28NO5P/c1-3-6-15-7-4-5-8-16(15)11-14(2)12-26(24,25)13-17(19(22)23)9-10-18(20)21/h4-5,7-8,11,17H,3,6,9-10,12-13H2,1-2H3,(H2,20,21)(H,22,23)(H,24,25)/b14-11+. The maximum absolute atomic E-state index is 12.5. The molecule has 144 valence electrons. The summed E-state index contributed by atoms with van der Waals surface area (Å²) in [5.74, 6) is -2.86. The molecule has 0 aromatic heterocycles. The molecule has 2 atom stereocenters. The number of hydrogen-bond acceptors (Lipinski definition) is 3. The molecule has 2 unspecified atom stereocenters. The number of carbonyl (C=O) groups is 2. The summed E-state index contributed by atoms with van der Waals surface area (Å²) in [6.45, 7) is 3.86. The van der Waals surface area contributed by atoms with Gasteiger partial charge in [0.1, 0.15) is 0 Å². The predicted molar refractivity (Wildman–Crippen MR) is 103 cm³/mol. The molecule has 1 amide bonds. The van der Waals surface area contributed by atoms with Crippen LogP contribution in [0.2, 0.25) is 0 Å². The normalized spacial score (nSPS) is 15.3. The van der Waals surface area contributed by atoms with Crippen LogP contribution in [0.1, 0.15) is 44.2 Å². The smallest absolute Gasteiger partial charge is 0.307 e. The lowest BCUT2D eigenvalue weighted by Gasteiger charge is -2.17. The van der Waals surface area contributed by atoms with Crippen molar-refractivity contribution in [1.82, 2.24) is 0 Å². The molecule has 0 radical (unpaired) electrons. The molecule has 1 rings (SSSR count). The van der Waals surface area contributed by atoms with E-state index in [1.165, 1.54) is 5.56 Å². The van der Waals surface area contributed by atoms with Crippen molar-refractivity contribution < 1.29 is 24.2 Å². The summed E-state index contributed by atoms with van der Waals surface area (Å²) in [7, 11) is -3.69. The lowest BCUT2D eigenvalue weighted by atomic mass is 10.0. The summed E-state index contributed by atoms with van der Waals surface area (Å²) in [6, 6.07) is 7.88. The lowest BCUT2D eigenvalue weighted by Crippen LogP contribution is -2.22. The SMILES string of the molecule is CCCc1ccccc1/C=C(\C)CP(=O)(O)CC(CCC(N)=O)C(=O)O. The highest BCUT2D eigenvalue weighted by molar-refractivity contribution is 7.58. The van der Waals surface area contributed by atoms with E-state index in [2.05, 4.69) is 6.92 Å². The van der Waals surface area contributed by atoms with Gasteiger partial charge in [-0.25, -0.2) is 0 Å². The molecule has 0 aliphatic carbocycles. The van der Waals surface area contributed by atoms with E-state index in [0.717, 1.165) is 24.0 Å². The molecular formula is C19H28NO5P. The predicted octanol–water partition coefficient (Wildman–Crippen LogP) is 3.28. The number of aryl methyl sites for hydroxylation is 1. The minimum atomic E-state index is -3.69. The van der Waals surface area contributed by atoms with E-state index in [1.807, 2.05) is 30.3 Å². The van der Waals surface area contributed by atoms with Gasteiger partial charge >= 0.3 is 5.97 Å². The number of benzene rings is 1. The number of allylic oxidation sites excluding steroid dienone is 1. The molecule has 4 N–H and O–H groups in total. The van der Waals surface area contributed by atoms with Crippen molar-refractivity contribution in [1.29, 1.82) is 0 Å². The Balaban J connectivity index is 2.85. The average molecular weight is 381 g/mol. The minimum Gasteiger partial charge on any atom is -0.481 e. The summed E-state index contributed by atoms with van der Waals surface area (Å²) in [5.41, 5.74) is 7.94. The molecule has 0 aliphatic heterocycles. The number of amides is 1. The van der Waals surface area contributed by atoms with Crippen LogP contribution in [0.25, 0.3) is 6.08 Å². The van der Waals surface area contributed by atoms with Gasteiger partial charge in [0.15, 0.2) is 0 Å².